The molecule has 3 rings (SSSR count). The van der Waals surface area contributed by atoms with Crippen molar-refractivity contribution in [1.29, 1.82) is 0 Å². The molecule has 7 heteroatoms. The molecule has 1 saturated heterocycles. The molecule has 0 radical (unpaired) electrons. The lowest BCUT2D eigenvalue weighted by molar-refractivity contribution is -0.137. The van der Waals surface area contributed by atoms with Gasteiger partial charge in [0.25, 0.3) is 5.91 Å². The Kier molecular flexibility index (Phi) is 5.93. The quantitative estimate of drug-likeness (QED) is 0.834. The Labute approximate surface area is 162 Å². The van der Waals surface area contributed by atoms with Crippen molar-refractivity contribution in [2.75, 3.05) is 37.4 Å². The molecule has 0 saturated carbocycles. The lowest BCUT2D eigenvalue weighted by Gasteiger charge is -2.36. The zero-order chi connectivity index (χ0) is 20.3. The zero-order valence-corrected chi connectivity index (χ0v) is 16.0. The second-order valence-corrected chi connectivity index (χ2v) is 7.19. The highest BCUT2D eigenvalue weighted by molar-refractivity contribution is 6.05. The predicted molar refractivity (Wildman–Crippen MR) is 105 cm³/mol. The molecule has 28 heavy (non-hydrogen) atoms. The summed E-state index contributed by atoms with van der Waals surface area (Å²) in [5.74, 6) is -0.771. The molecule has 0 aliphatic carbocycles. The van der Waals surface area contributed by atoms with Crippen LogP contribution < -0.4 is 10.2 Å². The summed E-state index contributed by atoms with van der Waals surface area (Å²) < 4.78 is 39.5. The molecule has 0 bridgehead atoms. The van der Waals surface area contributed by atoms with Crippen LogP contribution in [0.25, 0.3) is 0 Å². The standard InChI is InChI=1S/C21H24F3N3O/c1-26-12-10-16(11-13-26)27(2)17-7-5-6-15(14-17)25-20(28)18-8-3-4-9-19(18)21(22,23)24/h3-9,14,16H,10-13H2,1-2H3,(H,25,28). The van der Waals surface area contributed by atoms with E-state index in [0.717, 1.165) is 37.7 Å². The molecule has 1 aliphatic rings. The number of carbonyl (C=O) groups excluding carboxylic acids is 1. The van der Waals surface area contributed by atoms with Crippen LogP contribution in [0.3, 0.4) is 0 Å². The number of alkyl halides is 3. The van der Waals surface area contributed by atoms with Crippen molar-refractivity contribution in [2.45, 2.75) is 25.1 Å². The van der Waals surface area contributed by atoms with Gasteiger partial charge in [-0.1, -0.05) is 18.2 Å². The Hall–Kier alpha value is -2.54. The molecule has 150 valence electrons. The second-order valence-electron chi connectivity index (χ2n) is 7.19. The van der Waals surface area contributed by atoms with Crippen molar-refractivity contribution in [3.63, 3.8) is 0 Å². The van der Waals surface area contributed by atoms with Gasteiger partial charge >= 0.3 is 6.18 Å². The van der Waals surface area contributed by atoms with Gasteiger partial charge in [-0.3, -0.25) is 4.79 Å². The molecule has 2 aromatic carbocycles. The van der Waals surface area contributed by atoms with Crippen LogP contribution >= 0.6 is 0 Å². The van der Waals surface area contributed by atoms with Gasteiger partial charge in [0.05, 0.1) is 11.1 Å². The minimum atomic E-state index is -4.58. The summed E-state index contributed by atoms with van der Waals surface area (Å²) in [5.41, 5.74) is 0.0758. The molecule has 1 N–H and O–H groups in total. The summed E-state index contributed by atoms with van der Waals surface area (Å²) in [5, 5.41) is 2.60. The number of hydrogen-bond donors (Lipinski definition) is 1. The van der Waals surface area contributed by atoms with Gasteiger partial charge in [0.1, 0.15) is 0 Å². The topological polar surface area (TPSA) is 35.6 Å². The number of rotatable bonds is 4. The Morgan fingerprint density at radius 1 is 1.11 bits per heavy atom. The number of amides is 1. The fourth-order valence-electron chi connectivity index (χ4n) is 3.52. The van der Waals surface area contributed by atoms with E-state index < -0.39 is 17.6 Å². The molecule has 0 spiro atoms. The van der Waals surface area contributed by atoms with E-state index >= 15 is 0 Å². The first kappa shape index (κ1) is 20.2. The highest BCUT2D eigenvalue weighted by Crippen LogP contribution is 2.32. The van der Waals surface area contributed by atoms with E-state index in [-0.39, 0.29) is 5.56 Å². The smallest absolute Gasteiger partial charge is 0.371 e. The lowest BCUT2D eigenvalue weighted by atomic mass is 10.0. The van der Waals surface area contributed by atoms with E-state index in [0.29, 0.717) is 11.7 Å². The Balaban J connectivity index is 1.76. The summed E-state index contributed by atoms with van der Waals surface area (Å²) in [4.78, 5) is 16.9. The average Bonchev–Trinajstić information content (AvgIpc) is 2.67. The van der Waals surface area contributed by atoms with Crippen molar-refractivity contribution in [2.24, 2.45) is 0 Å². The molecule has 1 fully saturated rings. The van der Waals surface area contributed by atoms with Gasteiger partial charge in [0.15, 0.2) is 0 Å². The molecular formula is C21H24F3N3O. The second kappa shape index (κ2) is 8.22. The van der Waals surface area contributed by atoms with Crippen LogP contribution in [0.15, 0.2) is 48.5 Å². The number of carbonyl (C=O) groups is 1. The van der Waals surface area contributed by atoms with E-state index in [2.05, 4.69) is 22.2 Å². The van der Waals surface area contributed by atoms with Gasteiger partial charge in [-0.25, -0.2) is 0 Å². The third kappa shape index (κ3) is 4.65. The summed E-state index contributed by atoms with van der Waals surface area (Å²) >= 11 is 0. The molecule has 1 heterocycles. The molecule has 2 aromatic rings. The first-order chi connectivity index (χ1) is 13.3. The minimum absolute atomic E-state index is 0.385. The van der Waals surface area contributed by atoms with Crippen molar-refractivity contribution in [1.82, 2.24) is 4.90 Å². The van der Waals surface area contributed by atoms with Crippen LogP contribution in [-0.4, -0.2) is 44.0 Å². The summed E-state index contributed by atoms with van der Waals surface area (Å²) in [6, 6.07) is 12.4. The molecular weight excluding hydrogens is 367 g/mol. The number of nitrogens with zero attached hydrogens (tertiary/aromatic N) is 2. The SMILES string of the molecule is CN1CCC(N(C)c2cccc(NC(=O)c3ccccc3C(F)(F)F)c2)CC1. The fraction of sp³-hybridized carbons (Fsp3) is 0.381. The van der Waals surface area contributed by atoms with Gasteiger partial charge < -0.3 is 15.1 Å². The maximum Gasteiger partial charge on any atom is 0.417 e. The summed E-state index contributed by atoms with van der Waals surface area (Å²) in [6.07, 6.45) is -2.49. The average molecular weight is 391 g/mol. The summed E-state index contributed by atoms with van der Waals surface area (Å²) in [7, 11) is 4.11. The number of benzene rings is 2. The van der Waals surface area contributed by atoms with Crippen molar-refractivity contribution in [3.8, 4) is 0 Å². The number of halogens is 3. The maximum absolute atomic E-state index is 13.2. The zero-order valence-electron chi connectivity index (χ0n) is 16.0. The van der Waals surface area contributed by atoms with Gasteiger partial charge in [-0.05, 0) is 63.3 Å². The van der Waals surface area contributed by atoms with Crippen LogP contribution in [-0.2, 0) is 6.18 Å². The highest BCUT2D eigenvalue weighted by atomic mass is 19.4. The molecule has 0 unspecified atom stereocenters. The van der Waals surface area contributed by atoms with Gasteiger partial charge in [-0.15, -0.1) is 0 Å². The van der Waals surface area contributed by atoms with Crippen molar-refractivity contribution in [3.05, 3.63) is 59.7 Å². The largest absolute Gasteiger partial charge is 0.417 e. The van der Waals surface area contributed by atoms with Crippen LogP contribution in [0, 0.1) is 0 Å². The first-order valence-corrected chi connectivity index (χ1v) is 9.24. The fourth-order valence-corrected chi connectivity index (χ4v) is 3.52. The highest BCUT2D eigenvalue weighted by Gasteiger charge is 2.34. The number of piperidine rings is 1. The lowest BCUT2D eigenvalue weighted by Crippen LogP contribution is -2.42. The Morgan fingerprint density at radius 2 is 1.79 bits per heavy atom. The van der Waals surface area contributed by atoms with E-state index in [1.807, 2.05) is 13.1 Å². The number of likely N-dealkylation sites (tertiary alicyclic amines) is 1. The molecule has 0 atom stereocenters. The van der Waals surface area contributed by atoms with Gasteiger partial charge in [-0.2, -0.15) is 13.2 Å². The predicted octanol–water partition coefficient (Wildman–Crippen LogP) is 4.49. The van der Waals surface area contributed by atoms with E-state index in [4.69, 9.17) is 0 Å². The molecule has 4 nitrogen and oxygen atoms in total. The number of nitrogens with one attached hydrogen (secondary N) is 1. The van der Waals surface area contributed by atoms with Crippen molar-refractivity contribution < 1.29 is 18.0 Å². The number of hydrogen-bond acceptors (Lipinski definition) is 3. The molecule has 0 aromatic heterocycles. The van der Waals surface area contributed by atoms with E-state index in [9.17, 15) is 18.0 Å². The first-order valence-electron chi connectivity index (χ1n) is 9.24. The van der Waals surface area contributed by atoms with E-state index in [1.54, 1.807) is 18.2 Å². The Bertz CT molecular complexity index is 830. The van der Waals surface area contributed by atoms with Crippen LogP contribution in [0.1, 0.15) is 28.8 Å². The maximum atomic E-state index is 13.2. The third-order valence-corrected chi connectivity index (χ3v) is 5.22. The van der Waals surface area contributed by atoms with E-state index in [1.165, 1.54) is 18.2 Å². The summed E-state index contributed by atoms with van der Waals surface area (Å²) in [6.45, 7) is 2.05. The Morgan fingerprint density at radius 3 is 2.46 bits per heavy atom. The normalized spacial score (nSPS) is 16.0. The number of anilines is 2. The van der Waals surface area contributed by atoms with Crippen LogP contribution in [0.5, 0.6) is 0 Å². The molecule has 1 amide bonds. The van der Waals surface area contributed by atoms with Crippen molar-refractivity contribution >= 4 is 17.3 Å². The third-order valence-electron chi connectivity index (χ3n) is 5.22. The monoisotopic (exact) mass is 391 g/mol. The van der Waals surface area contributed by atoms with Crippen LogP contribution in [0.4, 0.5) is 24.5 Å². The van der Waals surface area contributed by atoms with Gasteiger partial charge in [0, 0.05) is 24.5 Å². The minimum Gasteiger partial charge on any atom is -0.371 e. The van der Waals surface area contributed by atoms with Gasteiger partial charge in [0.2, 0.25) is 0 Å². The van der Waals surface area contributed by atoms with Crippen LogP contribution in [0.2, 0.25) is 0 Å². The molecule has 1 aliphatic heterocycles.